The molecule has 0 atom stereocenters. The molecule has 162 valence electrons. The molecule has 0 spiro atoms. The first-order valence-corrected chi connectivity index (χ1v) is 11.6. The Labute approximate surface area is 181 Å². The third kappa shape index (κ3) is 4.46. The molecule has 8 nitrogen and oxygen atoms in total. The van der Waals surface area contributed by atoms with E-state index < -0.39 is 10.0 Å². The summed E-state index contributed by atoms with van der Waals surface area (Å²) in [6.45, 7) is 7.50. The molecule has 2 N–H and O–H groups in total. The maximum atomic E-state index is 12.8. The lowest BCUT2D eigenvalue weighted by Crippen LogP contribution is -2.16. The minimum atomic E-state index is -3.85. The van der Waals surface area contributed by atoms with Gasteiger partial charge < -0.3 is 9.88 Å². The number of aryl methyl sites for hydroxylation is 3. The number of rotatable bonds is 6. The summed E-state index contributed by atoms with van der Waals surface area (Å²) in [5.74, 6) is -0.182. The maximum absolute atomic E-state index is 12.8. The Morgan fingerprint density at radius 1 is 1.00 bits per heavy atom. The molecular formula is C22H25N5O3S. The smallest absolute Gasteiger partial charge is 0.264 e. The molecule has 1 aromatic carbocycles. The van der Waals surface area contributed by atoms with Crippen molar-refractivity contribution >= 4 is 27.6 Å². The van der Waals surface area contributed by atoms with Gasteiger partial charge in [-0.05, 0) is 76.9 Å². The molecule has 0 bridgehead atoms. The number of hydrogen-bond acceptors (Lipinski definition) is 5. The van der Waals surface area contributed by atoms with Crippen LogP contribution in [0, 0.1) is 27.7 Å². The van der Waals surface area contributed by atoms with Gasteiger partial charge in [-0.2, -0.15) is 0 Å². The molecule has 1 fully saturated rings. The molecule has 1 aliphatic rings. The second-order valence-electron chi connectivity index (χ2n) is 7.94. The number of hydrogen-bond donors (Lipinski definition) is 2. The van der Waals surface area contributed by atoms with Crippen LogP contribution < -0.4 is 10.0 Å². The normalized spacial score (nSPS) is 13.8. The van der Waals surface area contributed by atoms with Gasteiger partial charge in [0.05, 0.1) is 10.5 Å². The summed E-state index contributed by atoms with van der Waals surface area (Å²) < 4.78 is 29.9. The van der Waals surface area contributed by atoms with Gasteiger partial charge in [-0.25, -0.2) is 23.1 Å². The van der Waals surface area contributed by atoms with Crippen molar-refractivity contribution in [3.05, 3.63) is 64.7 Å². The molecule has 1 saturated carbocycles. The van der Waals surface area contributed by atoms with Gasteiger partial charge >= 0.3 is 0 Å². The second kappa shape index (κ2) is 7.81. The number of carbonyl (C=O) groups excluding carboxylic acids is 1. The number of aromatic nitrogens is 3. The highest BCUT2D eigenvalue weighted by Crippen LogP contribution is 2.38. The summed E-state index contributed by atoms with van der Waals surface area (Å²) in [6, 6.07) is 10.2. The fraction of sp³-hybridized carbons (Fsp3) is 0.318. The van der Waals surface area contributed by atoms with Crippen LogP contribution in [-0.4, -0.2) is 28.9 Å². The van der Waals surface area contributed by atoms with Crippen LogP contribution in [0.1, 0.15) is 52.0 Å². The van der Waals surface area contributed by atoms with E-state index in [4.69, 9.17) is 0 Å². The van der Waals surface area contributed by atoms with Gasteiger partial charge in [-0.1, -0.05) is 0 Å². The van der Waals surface area contributed by atoms with Crippen molar-refractivity contribution in [2.24, 2.45) is 0 Å². The molecule has 31 heavy (non-hydrogen) atoms. The fourth-order valence-corrected chi connectivity index (χ4v) is 4.71. The lowest BCUT2D eigenvalue weighted by atomic mass is 10.2. The number of anilines is 2. The number of nitrogens with zero attached hydrogens (tertiary/aromatic N) is 3. The molecule has 0 radical (unpaired) electrons. The van der Waals surface area contributed by atoms with E-state index in [9.17, 15) is 13.2 Å². The van der Waals surface area contributed by atoms with Crippen molar-refractivity contribution in [2.75, 3.05) is 10.0 Å². The third-order valence-electron chi connectivity index (χ3n) is 5.27. The van der Waals surface area contributed by atoms with Gasteiger partial charge in [0, 0.05) is 34.5 Å². The van der Waals surface area contributed by atoms with Crippen LogP contribution in [0.25, 0.3) is 0 Å². The Morgan fingerprint density at radius 2 is 1.61 bits per heavy atom. The van der Waals surface area contributed by atoms with E-state index in [1.165, 1.54) is 12.1 Å². The van der Waals surface area contributed by atoms with Crippen LogP contribution in [0.5, 0.6) is 0 Å². The SMILES string of the molecule is Cc1cc(C)nc(NS(=O)(=O)c2ccc(NC(=O)c3cc(C)n(C4CC4)c3C)cc2)n1. The minimum absolute atomic E-state index is 0.0286. The zero-order chi connectivity index (χ0) is 22.3. The van der Waals surface area contributed by atoms with E-state index in [2.05, 4.69) is 24.6 Å². The molecule has 2 heterocycles. The van der Waals surface area contributed by atoms with Gasteiger partial charge in [0.25, 0.3) is 15.9 Å². The van der Waals surface area contributed by atoms with Gasteiger partial charge in [0.15, 0.2) is 0 Å². The Bertz CT molecular complexity index is 1240. The van der Waals surface area contributed by atoms with E-state index >= 15 is 0 Å². The summed E-state index contributed by atoms with van der Waals surface area (Å²) in [7, 11) is -3.85. The van der Waals surface area contributed by atoms with Gasteiger partial charge in [-0.15, -0.1) is 0 Å². The van der Waals surface area contributed by atoms with Gasteiger partial charge in [0.2, 0.25) is 5.95 Å². The average Bonchev–Trinajstić information content (AvgIpc) is 3.45. The highest BCUT2D eigenvalue weighted by molar-refractivity contribution is 7.92. The van der Waals surface area contributed by atoms with E-state index in [1.807, 2.05) is 19.9 Å². The Balaban J connectivity index is 1.49. The number of sulfonamides is 1. The van der Waals surface area contributed by atoms with Crippen LogP contribution in [0.15, 0.2) is 41.3 Å². The fourth-order valence-electron chi connectivity index (χ4n) is 3.77. The quantitative estimate of drug-likeness (QED) is 0.606. The van der Waals surface area contributed by atoms with Crippen molar-refractivity contribution in [3.63, 3.8) is 0 Å². The van der Waals surface area contributed by atoms with Gasteiger partial charge in [-0.3, -0.25) is 4.79 Å². The maximum Gasteiger partial charge on any atom is 0.264 e. The molecule has 0 aliphatic heterocycles. The molecule has 1 aliphatic carbocycles. The van der Waals surface area contributed by atoms with Crippen molar-refractivity contribution < 1.29 is 13.2 Å². The third-order valence-corrected chi connectivity index (χ3v) is 6.62. The van der Waals surface area contributed by atoms with Crippen LogP contribution in [0.4, 0.5) is 11.6 Å². The summed E-state index contributed by atoms with van der Waals surface area (Å²) in [5.41, 5.74) is 4.52. The van der Waals surface area contributed by atoms with E-state index in [0.717, 1.165) is 24.2 Å². The Kier molecular flexibility index (Phi) is 5.30. The standard InChI is InChI=1S/C22H25N5O3S/c1-13-11-14(2)24-22(23-13)26-31(29,30)19-9-5-17(6-10-19)25-21(28)20-12-15(3)27(16(20)4)18-7-8-18/h5-6,9-12,18H,7-8H2,1-4H3,(H,25,28)(H,23,24,26). The summed E-state index contributed by atoms with van der Waals surface area (Å²) in [6.07, 6.45) is 2.29. The first-order valence-electron chi connectivity index (χ1n) is 10.1. The molecule has 0 unspecified atom stereocenters. The number of benzene rings is 1. The summed E-state index contributed by atoms with van der Waals surface area (Å²) >= 11 is 0. The first kappa shape index (κ1) is 21.0. The van der Waals surface area contributed by atoms with Gasteiger partial charge in [0.1, 0.15) is 0 Å². The molecule has 9 heteroatoms. The molecular weight excluding hydrogens is 414 g/mol. The first-order chi connectivity index (χ1) is 14.6. The van der Waals surface area contributed by atoms with Crippen LogP contribution in [0.2, 0.25) is 0 Å². The number of nitrogens with one attached hydrogen (secondary N) is 2. The molecule has 2 aromatic heterocycles. The monoisotopic (exact) mass is 439 g/mol. The zero-order valence-corrected chi connectivity index (χ0v) is 18.7. The zero-order valence-electron chi connectivity index (χ0n) is 17.9. The molecule has 4 rings (SSSR count). The average molecular weight is 440 g/mol. The topological polar surface area (TPSA) is 106 Å². The van der Waals surface area contributed by atoms with Crippen LogP contribution >= 0.6 is 0 Å². The molecule has 0 saturated heterocycles. The largest absolute Gasteiger partial charge is 0.345 e. The van der Waals surface area contributed by atoms with Crippen LogP contribution in [-0.2, 0) is 10.0 Å². The van der Waals surface area contributed by atoms with Crippen LogP contribution in [0.3, 0.4) is 0 Å². The van der Waals surface area contributed by atoms with Crippen molar-refractivity contribution in [2.45, 2.75) is 51.5 Å². The van der Waals surface area contributed by atoms with Crippen molar-refractivity contribution in [1.29, 1.82) is 0 Å². The lowest BCUT2D eigenvalue weighted by Gasteiger charge is -2.10. The minimum Gasteiger partial charge on any atom is -0.345 e. The summed E-state index contributed by atoms with van der Waals surface area (Å²) in [4.78, 5) is 21.0. The van der Waals surface area contributed by atoms with E-state index in [-0.39, 0.29) is 16.8 Å². The predicted octanol–water partition coefficient (Wildman–Crippen LogP) is 3.90. The van der Waals surface area contributed by atoms with E-state index in [1.54, 1.807) is 32.0 Å². The second-order valence-corrected chi connectivity index (χ2v) is 9.63. The molecule has 3 aromatic rings. The molecule has 1 amide bonds. The Morgan fingerprint density at radius 3 is 2.19 bits per heavy atom. The summed E-state index contributed by atoms with van der Waals surface area (Å²) in [5, 5.41) is 2.85. The van der Waals surface area contributed by atoms with E-state index in [0.29, 0.717) is 28.7 Å². The number of amides is 1. The van der Waals surface area contributed by atoms with Crippen molar-refractivity contribution in [1.82, 2.24) is 14.5 Å². The number of carbonyl (C=O) groups is 1. The Hall–Kier alpha value is -3.20. The predicted molar refractivity (Wildman–Crippen MR) is 119 cm³/mol. The lowest BCUT2D eigenvalue weighted by molar-refractivity contribution is 0.102. The van der Waals surface area contributed by atoms with Crippen molar-refractivity contribution in [3.8, 4) is 0 Å². The highest BCUT2D eigenvalue weighted by Gasteiger charge is 2.28. The highest BCUT2D eigenvalue weighted by atomic mass is 32.2.